The van der Waals surface area contributed by atoms with Crippen LogP contribution in [0.2, 0.25) is 0 Å². The van der Waals surface area contributed by atoms with E-state index in [0.717, 1.165) is 5.56 Å². The van der Waals surface area contributed by atoms with Gasteiger partial charge in [-0.3, -0.25) is 9.69 Å². The second-order valence-corrected chi connectivity index (χ2v) is 6.13. The fourth-order valence-electron chi connectivity index (χ4n) is 2.88. The van der Waals surface area contributed by atoms with Crippen molar-refractivity contribution in [2.24, 2.45) is 0 Å². The first-order valence-corrected chi connectivity index (χ1v) is 8.23. The molecule has 1 aliphatic heterocycles. The predicted molar refractivity (Wildman–Crippen MR) is 88.7 cm³/mol. The average Bonchev–Trinajstić information content (AvgIpc) is 2.56. The van der Waals surface area contributed by atoms with Crippen LogP contribution in [0.15, 0.2) is 18.2 Å². The molecule has 140 valence electrons. The molecule has 1 amide bonds. The van der Waals surface area contributed by atoms with E-state index in [1.54, 1.807) is 12.1 Å². The van der Waals surface area contributed by atoms with E-state index >= 15 is 0 Å². The fraction of sp³-hybridized carbons (Fsp3) is 0.588. The Morgan fingerprint density at radius 2 is 2.04 bits per heavy atom. The third kappa shape index (κ3) is 5.61. The van der Waals surface area contributed by atoms with Crippen LogP contribution in [0.5, 0.6) is 5.75 Å². The van der Waals surface area contributed by atoms with Crippen molar-refractivity contribution >= 4 is 5.91 Å². The summed E-state index contributed by atoms with van der Waals surface area (Å²) in [6.07, 6.45) is -4.36. The van der Waals surface area contributed by atoms with E-state index in [1.165, 1.54) is 12.0 Å². The van der Waals surface area contributed by atoms with Crippen molar-refractivity contribution in [1.29, 1.82) is 0 Å². The van der Waals surface area contributed by atoms with Crippen molar-refractivity contribution in [3.05, 3.63) is 29.3 Å². The van der Waals surface area contributed by atoms with E-state index in [1.807, 2.05) is 13.0 Å². The highest BCUT2D eigenvalue weighted by Gasteiger charge is 2.43. The van der Waals surface area contributed by atoms with E-state index in [9.17, 15) is 18.0 Å². The van der Waals surface area contributed by atoms with Crippen molar-refractivity contribution in [3.8, 4) is 5.75 Å². The van der Waals surface area contributed by atoms with Gasteiger partial charge in [-0.25, -0.2) is 0 Å². The summed E-state index contributed by atoms with van der Waals surface area (Å²) in [6, 6.07) is 3.66. The monoisotopic (exact) mass is 359 g/mol. The number of carbonyl (C=O) groups is 1. The molecule has 0 bridgehead atoms. The second kappa shape index (κ2) is 8.53. The third-order valence-electron chi connectivity index (χ3n) is 4.30. The SMILES string of the molecule is COc1cc(CC(=O)NCC(N2CCNCC2)C(F)(F)F)ccc1C. The van der Waals surface area contributed by atoms with Crippen LogP contribution < -0.4 is 15.4 Å². The summed E-state index contributed by atoms with van der Waals surface area (Å²) < 4.78 is 45.1. The quantitative estimate of drug-likeness (QED) is 0.808. The van der Waals surface area contributed by atoms with Crippen molar-refractivity contribution < 1.29 is 22.7 Å². The lowest BCUT2D eigenvalue weighted by Crippen LogP contribution is -2.57. The van der Waals surface area contributed by atoms with Crippen molar-refractivity contribution in [2.45, 2.75) is 25.6 Å². The van der Waals surface area contributed by atoms with Crippen LogP contribution in [-0.4, -0.2) is 62.9 Å². The highest BCUT2D eigenvalue weighted by molar-refractivity contribution is 5.78. The molecular weight excluding hydrogens is 335 g/mol. The Kier molecular flexibility index (Phi) is 6.66. The Hall–Kier alpha value is -1.80. The molecule has 1 fully saturated rings. The van der Waals surface area contributed by atoms with Gasteiger partial charge in [0.2, 0.25) is 5.91 Å². The lowest BCUT2D eigenvalue weighted by Gasteiger charge is -2.35. The summed E-state index contributed by atoms with van der Waals surface area (Å²) >= 11 is 0. The maximum absolute atomic E-state index is 13.3. The number of nitrogens with zero attached hydrogens (tertiary/aromatic N) is 1. The van der Waals surface area contributed by atoms with Crippen LogP contribution in [-0.2, 0) is 11.2 Å². The molecule has 1 saturated heterocycles. The molecule has 2 N–H and O–H groups in total. The van der Waals surface area contributed by atoms with Crippen molar-refractivity contribution in [1.82, 2.24) is 15.5 Å². The zero-order valence-electron chi connectivity index (χ0n) is 14.4. The summed E-state index contributed by atoms with van der Waals surface area (Å²) in [6.45, 7) is 3.10. The minimum Gasteiger partial charge on any atom is -0.496 e. The summed E-state index contributed by atoms with van der Waals surface area (Å²) in [5.74, 6) is 0.217. The highest BCUT2D eigenvalue weighted by atomic mass is 19.4. The number of piperazine rings is 1. The summed E-state index contributed by atoms with van der Waals surface area (Å²) in [4.78, 5) is 13.4. The molecule has 1 aliphatic rings. The van der Waals surface area contributed by atoms with Gasteiger partial charge in [0.05, 0.1) is 13.5 Å². The molecule has 1 heterocycles. The average molecular weight is 359 g/mol. The topological polar surface area (TPSA) is 53.6 Å². The number of amides is 1. The van der Waals surface area contributed by atoms with Gasteiger partial charge in [0.25, 0.3) is 0 Å². The number of nitrogens with one attached hydrogen (secondary N) is 2. The first-order valence-electron chi connectivity index (χ1n) is 8.23. The minimum absolute atomic E-state index is 0.0166. The van der Waals surface area contributed by atoms with Crippen LogP contribution >= 0.6 is 0 Å². The Bertz CT molecular complexity index is 587. The Morgan fingerprint density at radius 1 is 1.36 bits per heavy atom. The number of hydrogen-bond donors (Lipinski definition) is 2. The molecule has 1 aromatic rings. The number of benzene rings is 1. The number of methoxy groups -OCH3 is 1. The Labute approximate surface area is 145 Å². The van der Waals surface area contributed by atoms with Crippen LogP contribution in [0.3, 0.4) is 0 Å². The molecule has 1 atom stereocenters. The molecule has 25 heavy (non-hydrogen) atoms. The van der Waals surface area contributed by atoms with Crippen molar-refractivity contribution in [3.63, 3.8) is 0 Å². The van der Waals surface area contributed by atoms with E-state index in [-0.39, 0.29) is 6.42 Å². The molecule has 0 aromatic heterocycles. The van der Waals surface area contributed by atoms with Gasteiger partial charge in [0, 0.05) is 32.7 Å². The van der Waals surface area contributed by atoms with Crippen molar-refractivity contribution in [2.75, 3.05) is 39.8 Å². The van der Waals surface area contributed by atoms with Gasteiger partial charge in [-0.15, -0.1) is 0 Å². The number of ether oxygens (including phenoxy) is 1. The number of hydrogen-bond acceptors (Lipinski definition) is 4. The van der Waals surface area contributed by atoms with Gasteiger partial charge in [0.1, 0.15) is 11.8 Å². The maximum atomic E-state index is 13.3. The first kappa shape index (κ1) is 19.5. The first-order chi connectivity index (χ1) is 11.8. The summed E-state index contributed by atoms with van der Waals surface area (Å²) in [5.41, 5.74) is 1.63. The maximum Gasteiger partial charge on any atom is 0.405 e. The Balaban J connectivity index is 1.94. The Morgan fingerprint density at radius 3 is 2.64 bits per heavy atom. The molecule has 0 radical (unpaired) electrons. The number of alkyl halides is 3. The number of carbonyl (C=O) groups excluding carboxylic acids is 1. The highest BCUT2D eigenvalue weighted by Crippen LogP contribution is 2.25. The normalized spacial score (nSPS) is 17.2. The molecule has 1 unspecified atom stereocenters. The predicted octanol–water partition coefficient (Wildman–Crippen LogP) is 1.50. The number of halogens is 3. The van der Waals surface area contributed by atoms with Crippen LogP contribution in [0, 0.1) is 6.92 Å². The molecule has 2 rings (SSSR count). The molecule has 1 aromatic carbocycles. The molecule has 0 saturated carbocycles. The molecule has 0 spiro atoms. The zero-order chi connectivity index (χ0) is 18.4. The van der Waals surface area contributed by atoms with Crippen LogP contribution in [0.25, 0.3) is 0 Å². The number of rotatable bonds is 6. The molecular formula is C17H24F3N3O2. The smallest absolute Gasteiger partial charge is 0.405 e. The molecule has 8 heteroatoms. The molecule has 5 nitrogen and oxygen atoms in total. The van der Waals surface area contributed by atoms with Crippen LogP contribution in [0.4, 0.5) is 13.2 Å². The second-order valence-electron chi connectivity index (χ2n) is 6.13. The van der Waals surface area contributed by atoms with Gasteiger partial charge >= 0.3 is 6.18 Å². The minimum atomic E-state index is -4.38. The lowest BCUT2D eigenvalue weighted by atomic mass is 10.1. The van der Waals surface area contributed by atoms with Gasteiger partial charge < -0.3 is 15.4 Å². The zero-order valence-corrected chi connectivity index (χ0v) is 14.4. The standard InChI is InChI=1S/C17H24F3N3O2/c1-12-3-4-13(9-14(12)25-2)10-16(24)22-11-15(17(18,19)20)23-7-5-21-6-8-23/h3-4,9,15,21H,5-8,10-11H2,1-2H3,(H,22,24). The fourth-order valence-corrected chi connectivity index (χ4v) is 2.88. The van der Waals surface area contributed by atoms with Gasteiger partial charge in [-0.05, 0) is 24.1 Å². The largest absolute Gasteiger partial charge is 0.496 e. The number of aryl methyl sites for hydroxylation is 1. The third-order valence-corrected chi connectivity index (χ3v) is 4.30. The van der Waals surface area contributed by atoms with E-state index in [2.05, 4.69) is 10.6 Å². The summed E-state index contributed by atoms with van der Waals surface area (Å²) in [7, 11) is 1.54. The van der Waals surface area contributed by atoms with Gasteiger partial charge in [0.15, 0.2) is 0 Å². The lowest BCUT2D eigenvalue weighted by molar-refractivity contribution is -0.184. The van der Waals surface area contributed by atoms with E-state index in [4.69, 9.17) is 4.74 Å². The van der Waals surface area contributed by atoms with E-state index in [0.29, 0.717) is 37.5 Å². The van der Waals surface area contributed by atoms with Gasteiger partial charge in [-0.2, -0.15) is 13.2 Å². The summed E-state index contributed by atoms with van der Waals surface area (Å²) in [5, 5.41) is 5.45. The van der Waals surface area contributed by atoms with E-state index < -0.39 is 24.7 Å². The van der Waals surface area contributed by atoms with Crippen LogP contribution in [0.1, 0.15) is 11.1 Å². The molecule has 0 aliphatic carbocycles. The van der Waals surface area contributed by atoms with Gasteiger partial charge in [-0.1, -0.05) is 12.1 Å².